The zero-order valence-corrected chi connectivity index (χ0v) is 6.37. The topological polar surface area (TPSA) is 57.5 Å². The molecule has 0 amide bonds. The van der Waals surface area contributed by atoms with Gasteiger partial charge in [-0.05, 0) is 12.3 Å². The van der Waals surface area contributed by atoms with Gasteiger partial charge in [-0.25, -0.2) is 4.79 Å². The summed E-state index contributed by atoms with van der Waals surface area (Å²) in [5.74, 6) is -1.26. The van der Waals surface area contributed by atoms with E-state index in [-0.39, 0.29) is 5.92 Å². The van der Waals surface area contributed by atoms with Crippen LogP contribution in [0.3, 0.4) is 0 Å². The maximum absolute atomic E-state index is 10.2. The zero-order chi connectivity index (χ0) is 8.15. The first kappa shape index (κ1) is 9.43. The van der Waals surface area contributed by atoms with Crippen molar-refractivity contribution in [1.82, 2.24) is 0 Å². The summed E-state index contributed by atoms with van der Waals surface area (Å²) in [6.07, 6.45) is 0.471. The lowest BCUT2D eigenvalue weighted by atomic mass is 10.00. The summed E-state index contributed by atoms with van der Waals surface area (Å²) < 4.78 is 0. The minimum absolute atomic E-state index is 0.137. The van der Waals surface area contributed by atoms with Gasteiger partial charge in [-0.2, -0.15) is 0 Å². The Labute approximate surface area is 60.7 Å². The average Bonchev–Trinajstić information content (AvgIpc) is 1.87. The first-order valence-corrected chi connectivity index (χ1v) is 3.50. The van der Waals surface area contributed by atoms with Crippen LogP contribution >= 0.6 is 0 Å². The Morgan fingerprint density at radius 2 is 2.10 bits per heavy atom. The van der Waals surface area contributed by atoms with Crippen molar-refractivity contribution >= 4 is 5.97 Å². The van der Waals surface area contributed by atoms with Gasteiger partial charge in [0.1, 0.15) is 0 Å². The van der Waals surface area contributed by atoms with E-state index >= 15 is 0 Å². The lowest BCUT2D eigenvalue weighted by Crippen LogP contribution is -2.27. The lowest BCUT2D eigenvalue weighted by Gasteiger charge is -2.12. The third kappa shape index (κ3) is 2.82. The standard InChI is InChI=1S/C7H14O3/c1-3-4-5(2)6(8)7(9)10/h5-6,8H,3-4H2,1-2H3,(H,9,10)/t5-,6-/m1/s1. The second-order valence-electron chi connectivity index (χ2n) is 2.55. The van der Waals surface area contributed by atoms with Crippen LogP contribution in [0.25, 0.3) is 0 Å². The molecule has 0 fully saturated rings. The molecule has 3 heteroatoms. The molecule has 0 aliphatic carbocycles. The minimum Gasteiger partial charge on any atom is -0.479 e. The van der Waals surface area contributed by atoms with Crippen molar-refractivity contribution < 1.29 is 15.0 Å². The number of carbonyl (C=O) groups is 1. The summed E-state index contributed by atoms with van der Waals surface area (Å²) in [5, 5.41) is 17.3. The van der Waals surface area contributed by atoms with E-state index in [4.69, 9.17) is 10.2 Å². The smallest absolute Gasteiger partial charge is 0.332 e. The molecule has 0 saturated heterocycles. The van der Waals surface area contributed by atoms with E-state index in [9.17, 15) is 4.79 Å². The fourth-order valence-corrected chi connectivity index (χ4v) is 0.857. The molecule has 2 N–H and O–H groups in total. The molecule has 0 bridgehead atoms. The average molecular weight is 146 g/mol. The molecule has 0 rings (SSSR count). The molecule has 2 atom stereocenters. The predicted molar refractivity (Wildman–Crippen MR) is 37.7 cm³/mol. The Morgan fingerprint density at radius 3 is 2.40 bits per heavy atom. The van der Waals surface area contributed by atoms with E-state index < -0.39 is 12.1 Å². The van der Waals surface area contributed by atoms with Crippen molar-refractivity contribution in [3.63, 3.8) is 0 Å². The number of rotatable bonds is 4. The van der Waals surface area contributed by atoms with Crippen LogP contribution in [-0.4, -0.2) is 22.3 Å². The number of carboxylic acids is 1. The fourth-order valence-electron chi connectivity index (χ4n) is 0.857. The minimum atomic E-state index is -1.19. The highest BCUT2D eigenvalue weighted by atomic mass is 16.4. The van der Waals surface area contributed by atoms with E-state index in [0.717, 1.165) is 12.8 Å². The van der Waals surface area contributed by atoms with Crippen molar-refractivity contribution in [2.45, 2.75) is 32.8 Å². The molecule has 0 aliphatic heterocycles. The molecule has 3 nitrogen and oxygen atoms in total. The summed E-state index contributed by atoms with van der Waals surface area (Å²) in [5.41, 5.74) is 0. The molecule has 0 aromatic heterocycles. The molecule has 60 valence electrons. The monoisotopic (exact) mass is 146 g/mol. The quantitative estimate of drug-likeness (QED) is 0.618. The van der Waals surface area contributed by atoms with Crippen LogP contribution in [0.4, 0.5) is 0 Å². The maximum atomic E-state index is 10.2. The molecule has 0 unspecified atom stereocenters. The van der Waals surface area contributed by atoms with E-state index in [1.807, 2.05) is 6.92 Å². The Hall–Kier alpha value is -0.570. The molecular formula is C7H14O3. The van der Waals surface area contributed by atoms with E-state index in [1.165, 1.54) is 0 Å². The second kappa shape index (κ2) is 4.28. The summed E-state index contributed by atoms with van der Waals surface area (Å²) >= 11 is 0. The molecule has 0 spiro atoms. The van der Waals surface area contributed by atoms with Gasteiger partial charge in [0, 0.05) is 0 Å². The SMILES string of the molecule is CCC[C@@H](C)[C@@H](O)C(=O)O. The molecule has 0 aromatic carbocycles. The van der Waals surface area contributed by atoms with Gasteiger partial charge in [0.15, 0.2) is 6.10 Å². The summed E-state index contributed by atoms with van der Waals surface area (Å²) in [6.45, 7) is 3.70. The van der Waals surface area contributed by atoms with Crippen LogP contribution in [0.2, 0.25) is 0 Å². The maximum Gasteiger partial charge on any atom is 0.332 e. The molecule has 0 aliphatic rings. The number of aliphatic hydroxyl groups excluding tert-OH is 1. The van der Waals surface area contributed by atoms with Crippen LogP contribution in [0.15, 0.2) is 0 Å². The largest absolute Gasteiger partial charge is 0.479 e. The van der Waals surface area contributed by atoms with Crippen molar-refractivity contribution in [3.8, 4) is 0 Å². The first-order valence-electron chi connectivity index (χ1n) is 3.50. The van der Waals surface area contributed by atoms with Crippen molar-refractivity contribution in [1.29, 1.82) is 0 Å². The van der Waals surface area contributed by atoms with Crippen molar-refractivity contribution in [3.05, 3.63) is 0 Å². The Morgan fingerprint density at radius 1 is 1.60 bits per heavy atom. The van der Waals surface area contributed by atoms with Crippen LogP contribution in [0.1, 0.15) is 26.7 Å². The van der Waals surface area contributed by atoms with E-state index in [1.54, 1.807) is 6.92 Å². The highest BCUT2D eigenvalue weighted by Gasteiger charge is 2.19. The Kier molecular flexibility index (Phi) is 4.03. The summed E-state index contributed by atoms with van der Waals surface area (Å²) in [7, 11) is 0. The highest BCUT2D eigenvalue weighted by molar-refractivity contribution is 5.72. The summed E-state index contributed by atoms with van der Waals surface area (Å²) in [4.78, 5) is 10.2. The molecule has 0 aromatic rings. The van der Waals surface area contributed by atoms with Gasteiger partial charge in [0.25, 0.3) is 0 Å². The van der Waals surface area contributed by atoms with Crippen LogP contribution in [0.5, 0.6) is 0 Å². The number of hydrogen-bond acceptors (Lipinski definition) is 2. The normalized spacial score (nSPS) is 16.3. The third-order valence-electron chi connectivity index (χ3n) is 1.54. The van der Waals surface area contributed by atoms with Crippen molar-refractivity contribution in [2.75, 3.05) is 0 Å². The van der Waals surface area contributed by atoms with Crippen LogP contribution in [0, 0.1) is 5.92 Å². The molecule has 0 heterocycles. The van der Waals surface area contributed by atoms with Gasteiger partial charge in [0.2, 0.25) is 0 Å². The summed E-state index contributed by atoms with van der Waals surface area (Å²) in [6, 6.07) is 0. The van der Waals surface area contributed by atoms with Gasteiger partial charge >= 0.3 is 5.97 Å². The third-order valence-corrected chi connectivity index (χ3v) is 1.54. The molecule has 0 saturated carbocycles. The number of carboxylic acid groups (broad SMARTS) is 1. The number of aliphatic carboxylic acids is 1. The number of aliphatic hydroxyl groups is 1. The van der Waals surface area contributed by atoms with Gasteiger partial charge in [-0.3, -0.25) is 0 Å². The van der Waals surface area contributed by atoms with Crippen LogP contribution < -0.4 is 0 Å². The second-order valence-corrected chi connectivity index (χ2v) is 2.55. The highest BCUT2D eigenvalue weighted by Crippen LogP contribution is 2.09. The number of hydrogen-bond donors (Lipinski definition) is 2. The molecule has 0 radical (unpaired) electrons. The molecule has 10 heavy (non-hydrogen) atoms. The molecular weight excluding hydrogens is 132 g/mol. The van der Waals surface area contributed by atoms with E-state index in [0.29, 0.717) is 0 Å². The first-order chi connectivity index (χ1) is 4.59. The predicted octanol–water partition coefficient (Wildman–Crippen LogP) is 0.868. The van der Waals surface area contributed by atoms with Gasteiger partial charge < -0.3 is 10.2 Å². The van der Waals surface area contributed by atoms with Crippen molar-refractivity contribution in [2.24, 2.45) is 5.92 Å². The van der Waals surface area contributed by atoms with Gasteiger partial charge in [-0.1, -0.05) is 20.3 Å². The Bertz CT molecular complexity index is 111. The van der Waals surface area contributed by atoms with Gasteiger partial charge in [-0.15, -0.1) is 0 Å². The fraction of sp³-hybridized carbons (Fsp3) is 0.857. The zero-order valence-electron chi connectivity index (χ0n) is 6.37. The van der Waals surface area contributed by atoms with Gasteiger partial charge in [0.05, 0.1) is 0 Å². The van der Waals surface area contributed by atoms with E-state index in [2.05, 4.69) is 0 Å². The van der Waals surface area contributed by atoms with Crippen LogP contribution in [-0.2, 0) is 4.79 Å². The Balaban J connectivity index is 3.69. The lowest BCUT2D eigenvalue weighted by molar-refractivity contribution is -0.149.